The lowest BCUT2D eigenvalue weighted by molar-refractivity contribution is -0.135. The minimum Gasteiger partial charge on any atom is -0.494 e. The molecule has 32 heavy (non-hydrogen) atoms. The molecule has 1 aliphatic heterocycles. The van der Waals surface area contributed by atoms with E-state index in [0.717, 1.165) is 10.0 Å². The van der Waals surface area contributed by atoms with E-state index in [1.807, 2.05) is 49.4 Å². The number of hydrogen-bond acceptors (Lipinski definition) is 4. The lowest BCUT2D eigenvalue weighted by Crippen LogP contribution is -2.42. The number of halogens is 1. The number of hydrogen-bond donors (Lipinski definition) is 1. The molecule has 0 saturated carbocycles. The zero-order valence-electron chi connectivity index (χ0n) is 17.8. The summed E-state index contributed by atoms with van der Waals surface area (Å²) in [6.07, 6.45) is 0.316. The van der Waals surface area contributed by atoms with Gasteiger partial charge in [0.1, 0.15) is 5.75 Å². The molecule has 0 spiro atoms. The lowest BCUT2D eigenvalue weighted by atomic mass is 9.88. The minimum absolute atomic E-state index is 0.306. The van der Waals surface area contributed by atoms with Crippen molar-refractivity contribution in [1.29, 1.82) is 0 Å². The standard InChI is InChI=1S/C26H24BrNO4/c1-2-32-21-11-8-19(9-12-21)24(29)17-26(31)22-16-20(27)10-13-23(22)28(25(26)30)15-14-18-6-4-3-5-7-18/h3-13,16,31H,2,14-15,17H2,1H3/t26-/m1/s1. The molecule has 1 heterocycles. The molecule has 3 aromatic rings. The van der Waals surface area contributed by atoms with Crippen molar-refractivity contribution in [2.75, 3.05) is 18.1 Å². The van der Waals surface area contributed by atoms with Crippen LogP contribution in [0.2, 0.25) is 0 Å². The molecule has 3 aromatic carbocycles. The highest BCUT2D eigenvalue weighted by molar-refractivity contribution is 9.10. The van der Waals surface area contributed by atoms with Gasteiger partial charge in [0.15, 0.2) is 11.4 Å². The first-order chi connectivity index (χ1) is 15.4. The van der Waals surface area contributed by atoms with Crippen LogP contribution in [0.1, 0.15) is 34.8 Å². The van der Waals surface area contributed by atoms with Crippen molar-refractivity contribution in [3.63, 3.8) is 0 Å². The highest BCUT2D eigenvalue weighted by Crippen LogP contribution is 2.44. The van der Waals surface area contributed by atoms with E-state index in [2.05, 4.69) is 15.9 Å². The summed E-state index contributed by atoms with van der Waals surface area (Å²) in [5.74, 6) is -0.110. The molecule has 0 aliphatic carbocycles. The molecule has 0 saturated heterocycles. The highest BCUT2D eigenvalue weighted by atomic mass is 79.9. The summed E-state index contributed by atoms with van der Waals surface area (Å²) in [6.45, 7) is 2.84. The Balaban J connectivity index is 1.60. The van der Waals surface area contributed by atoms with Gasteiger partial charge in [-0.1, -0.05) is 46.3 Å². The molecule has 1 amide bonds. The summed E-state index contributed by atoms with van der Waals surface area (Å²) >= 11 is 3.43. The van der Waals surface area contributed by atoms with E-state index in [1.165, 1.54) is 0 Å². The number of ether oxygens (including phenoxy) is 1. The van der Waals surface area contributed by atoms with E-state index >= 15 is 0 Å². The summed E-state index contributed by atoms with van der Waals surface area (Å²) < 4.78 is 6.16. The average Bonchev–Trinajstić information content (AvgIpc) is 3.00. The van der Waals surface area contributed by atoms with Crippen molar-refractivity contribution in [2.24, 2.45) is 0 Å². The van der Waals surface area contributed by atoms with E-state index < -0.39 is 11.5 Å². The quantitative estimate of drug-likeness (QED) is 0.453. The molecule has 4 rings (SSSR count). The molecule has 164 valence electrons. The van der Waals surface area contributed by atoms with Crippen LogP contribution in [0.25, 0.3) is 0 Å². The maximum absolute atomic E-state index is 13.4. The molecule has 1 atom stereocenters. The zero-order chi connectivity index (χ0) is 22.7. The third-order valence-corrected chi connectivity index (χ3v) is 6.16. The van der Waals surface area contributed by atoms with Crippen LogP contribution in [-0.4, -0.2) is 29.9 Å². The summed E-state index contributed by atoms with van der Waals surface area (Å²) in [6, 6.07) is 22.0. The number of ketones is 1. The number of benzene rings is 3. The van der Waals surface area contributed by atoms with Gasteiger partial charge in [0.25, 0.3) is 5.91 Å². The molecule has 1 N–H and O–H groups in total. The van der Waals surface area contributed by atoms with Crippen LogP contribution in [0.4, 0.5) is 5.69 Å². The third-order valence-electron chi connectivity index (χ3n) is 5.66. The van der Waals surface area contributed by atoms with Gasteiger partial charge in [-0.2, -0.15) is 0 Å². The maximum Gasteiger partial charge on any atom is 0.264 e. The van der Waals surface area contributed by atoms with E-state index in [1.54, 1.807) is 35.2 Å². The smallest absolute Gasteiger partial charge is 0.264 e. The van der Waals surface area contributed by atoms with Crippen LogP contribution in [0.5, 0.6) is 5.75 Å². The average molecular weight is 494 g/mol. The van der Waals surface area contributed by atoms with Gasteiger partial charge < -0.3 is 14.7 Å². The summed E-state index contributed by atoms with van der Waals surface area (Å²) in [4.78, 5) is 28.0. The summed E-state index contributed by atoms with van der Waals surface area (Å²) in [7, 11) is 0. The van der Waals surface area contributed by atoms with Crippen molar-refractivity contribution in [2.45, 2.75) is 25.4 Å². The minimum atomic E-state index is -1.91. The van der Waals surface area contributed by atoms with Gasteiger partial charge in [-0.15, -0.1) is 0 Å². The van der Waals surface area contributed by atoms with Gasteiger partial charge in [-0.3, -0.25) is 9.59 Å². The molecule has 0 fully saturated rings. The van der Waals surface area contributed by atoms with Crippen LogP contribution in [0.15, 0.2) is 77.3 Å². The van der Waals surface area contributed by atoms with Crippen molar-refractivity contribution in [3.8, 4) is 5.75 Å². The number of nitrogens with zero attached hydrogens (tertiary/aromatic N) is 1. The van der Waals surface area contributed by atoms with Crippen molar-refractivity contribution in [1.82, 2.24) is 0 Å². The fourth-order valence-electron chi connectivity index (χ4n) is 4.04. The monoisotopic (exact) mass is 493 g/mol. The second-order valence-corrected chi connectivity index (χ2v) is 8.69. The topological polar surface area (TPSA) is 66.8 Å². The van der Waals surface area contributed by atoms with Crippen LogP contribution >= 0.6 is 15.9 Å². The molecule has 0 unspecified atom stereocenters. The maximum atomic E-state index is 13.4. The Hall–Kier alpha value is -2.96. The molecule has 6 heteroatoms. The number of carbonyl (C=O) groups is 2. The van der Waals surface area contributed by atoms with E-state index in [-0.39, 0.29) is 12.2 Å². The van der Waals surface area contributed by atoms with Gasteiger partial charge >= 0.3 is 0 Å². The molecular weight excluding hydrogens is 470 g/mol. The Bertz CT molecular complexity index is 1130. The summed E-state index contributed by atoms with van der Waals surface area (Å²) in [5.41, 5.74) is 0.694. The Morgan fingerprint density at radius 1 is 1.06 bits per heavy atom. The van der Waals surface area contributed by atoms with Crippen molar-refractivity contribution < 1.29 is 19.4 Å². The van der Waals surface area contributed by atoms with Gasteiger partial charge in [0.2, 0.25) is 0 Å². The highest BCUT2D eigenvalue weighted by Gasteiger charge is 2.50. The number of fused-ring (bicyclic) bond motifs is 1. The van der Waals surface area contributed by atoms with E-state index in [0.29, 0.717) is 42.1 Å². The second kappa shape index (κ2) is 9.27. The first-order valence-electron chi connectivity index (χ1n) is 10.6. The van der Waals surface area contributed by atoms with Crippen molar-refractivity contribution in [3.05, 3.63) is 94.0 Å². The van der Waals surface area contributed by atoms with E-state index in [4.69, 9.17) is 4.74 Å². The fourth-order valence-corrected chi connectivity index (χ4v) is 4.40. The zero-order valence-corrected chi connectivity index (χ0v) is 19.3. The molecule has 0 radical (unpaired) electrons. The first-order valence-corrected chi connectivity index (χ1v) is 11.4. The van der Waals surface area contributed by atoms with Gasteiger partial charge in [-0.25, -0.2) is 0 Å². The van der Waals surface area contributed by atoms with Gasteiger partial charge in [-0.05, 0) is 61.4 Å². The first kappa shape index (κ1) is 22.2. The number of anilines is 1. The normalized spacial score (nSPS) is 17.3. The fraction of sp³-hybridized carbons (Fsp3) is 0.231. The number of Topliss-reactive ketones (excluding diaryl/α,β-unsaturated/α-hetero) is 1. The number of aliphatic hydroxyl groups is 1. The number of carbonyl (C=O) groups excluding carboxylic acids is 2. The van der Waals surface area contributed by atoms with Crippen LogP contribution in [-0.2, 0) is 16.8 Å². The van der Waals surface area contributed by atoms with Crippen LogP contribution in [0.3, 0.4) is 0 Å². The van der Waals surface area contributed by atoms with Gasteiger partial charge in [0.05, 0.1) is 18.7 Å². The predicted molar refractivity (Wildman–Crippen MR) is 127 cm³/mol. The number of rotatable bonds is 8. The molecule has 1 aliphatic rings. The lowest BCUT2D eigenvalue weighted by Gasteiger charge is -2.23. The number of amides is 1. The molecular formula is C26H24BrNO4. The van der Waals surface area contributed by atoms with E-state index in [9.17, 15) is 14.7 Å². The predicted octanol–water partition coefficient (Wildman–Crippen LogP) is 4.90. The SMILES string of the molecule is CCOc1ccc(C(=O)C[C@]2(O)C(=O)N(CCc3ccccc3)c3ccc(Br)cc32)cc1. The Morgan fingerprint density at radius 3 is 2.47 bits per heavy atom. The Kier molecular flexibility index (Phi) is 6.44. The Morgan fingerprint density at radius 2 is 1.78 bits per heavy atom. The van der Waals surface area contributed by atoms with Gasteiger partial charge in [0, 0.05) is 22.1 Å². The largest absolute Gasteiger partial charge is 0.494 e. The second-order valence-electron chi connectivity index (χ2n) is 7.77. The molecule has 0 bridgehead atoms. The summed E-state index contributed by atoms with van der Waals surface area (Å²) in [5, 5.41) is 11.5. The Labute approximate surface area is 195 Å². The van der Waals surface area contributed by atoms with Crippen molar-refractivity contribution >= 4 is 33.3 Å². The molecule has 5 nitrogen and oxygen atoms in total. The molecule has 0 aromatic heterocycles. The third kappa shape index (κ3) is 4.33. The van der Waals surface area contributed by atoms with Crippen LogP contribution < -0.4 is 9.64 Å². The van der Waals surface area contributed by atoms with Crippen LogP contribution in [0, 0.1) is 0 Å².